The van der Waals surface area contributed by atoms with E-state index in [2.05, 4.69) is 15.2 Å². The van der Waals surface area contributed by atoms with Crippen LogP contribution >= 0.6 is 0 Å². The number of aromatic amines is 1. The van der Waals surface area contributed by atoms with Crippen LogP contribution in [0.2, 0.25) is 0 Å². The molecule has 176 valence electrons. The topological polar surface area (TPSA) is 118 Å². The molecular formula is C23H29N5O5. The zero-order valence-corrected chi connectivity index (χ0v) is 19.6. The molecule has 1 N–H and O–H groups in total. The second-order valence-corrected chi connectivity index (χ2v) is 9.50. The molecule has 0 aromatic carbocycles. The highest BCUT2D eigenvalue weighted by Crippen LogP contribution is 2.50. The van der Waals surface area contributed by atoms with Crippen molar-refractivity contribution in [2.24, 2.45) is 0 Å². The molecule has 0 unspecified atom stereocenters. The Labute approximate surface area is 192 Å². The van der Waals surface area contributed by atoms with Gasteiger partial charge in [0.15, 0.2) is 5.69 Å². The third-order valence-corrected chi connectivity index (χ3v) is 6.12. The fourth-order valence-corrected chi connectivity index (χ4v) is 4.10. The number of hydrogen-bond donors (Lipinski definition) is 1. The second-order valence-electron chi connectivity index (χ2n) is 9.50. The largest absolute Gasteiger partial charge is 0.465 e. The SMILES string of the molecule is COC(=O)c1ccc(C2(N(C)C(=O)c3n[nH]c4c3CN(C(=O)OC(C)(C)C)CC4)CC2)nc1. The van der Waals surface area contributed by atoms with Gasteiger partial charge in [-0.05, 0) is 45.7 Å². The number of hydrogen-bond acceptors (Lipinski definition) is 7. The van der Waals surface area contributed by atoms with Gasteiger partial charge in [0.2, 0.25) is 0 Å². The molecule has 10 heteroatoms. The molecule has 2 aromatic heterocycles. The summed E-state index contributed by atoms with van der Waals surface area (Å²) in [5.74, 6) is -0.698. The Bertz CT molecular complexity index is 1080. The summed E-state index contributed by atoms with van der Waals surface area (Å²) in [5.41, 5.74) is 1.81. The lowest BCUT2D eigenvalue weighted by molar-refractivity contribution is 0.0221. The van der Waals surface area contributed by atoms with Crippen molar-refractivity contribution in [2.45, 2.75) is 57.7 Å². The Balaban J connectivity index is 1.53. The molecular weight excluding hydrogens is 426 g/mol. The van der Waals surface area contributed by atoms with Gasteiger partial charge in [0.25, 0.3) is 5.91 Å². The number of methoxy groups -OCH3 is 1. The number of nitrogens with one attached hydrogen (secondary N) is 1. The fraction of sp³-hybridized carbons (Fsp3) is 0.522. The van der Waals surface area contributed by atoms with Crippen LogP contribution in [0.5, 0.6) is 0 Å². The van der Waals surface area contributed by atoms with Crippen LogP contribution in [0, 0.1) is 0 Å². The maximum absolute atomic E-state index is 13.5. The zero-order chi connectivity index (χ0) is 24.0. The number of aromatic nitrogens is 3. The fourth-order valence-electron chi connectivity index (χ4n) is 4.10. The first-order valence-corrected chi connectivity index (χ1v) is 10.9. The molecule has 33 heavy (non-hydrogen) atoms. The molecule has 0 atom stereocenters. The van der Waals surface area contributed by atoms with Crippen LogP contribution in [0.25, 0.3) is 0 Å². The van der Waals surface area contributed by atoms with E-state index < -0.39 is 23.2 Å². The molecule has 0 spiro atoms. The molecule has 2 aliphatic rings. The summed E-state index contributed by atoms with van der Waals surface area (Å²) in [6.45, 7) is 6.22. The predicted molar refractivity (Wildman–Crippen MR) is 118 cm³/mol. The molecule has 10 nitrogen and oxygen atoms in total. The molecule has 2 aromatic rings. The number of ether oxygens (including phenoxy) is 2. The summed E-state index contributed by atoms with van der Waals surface area (Å²) < 4.78 is 10.2. The van der Waals surface area contributed by atoms with Gasteiger partial charge in [0, 0.05) is 37.5 Å². The van der Waals surface area contributed by atoms with Gasteiger partial charge in [-0.3, -0.25) is 14.9 Å². The van der Waals surface area contributed by atoms with Crippen LogP contribution in [0.4, 0.5) is 4.79 Å². The highest BCUT2D eigenvalue weighted by molar-refractivity contribution is 5.95. The van der Waals surface area contributed by atoms with E-state index in [0.717, 1.165) is 18.5 Å². The minimum Gasteiger partial charge on any atom is -0.465 e. The minimum atomic E-state index is -0.596. The number of carbonyl (C=O) groups excluding carboxylic acids is 3. The van der Waals surface area contributed by atoms with Crippen LogP contribution in [-0.4, -0.2) is 69.3 Å². The van der Waals surface area contributed by atoms with Crippen molar-refractivity contribution < 1.29 is 23.9 Å². The number of amides is 2. The lowest BCUT2D eigenvalue weighted by atomic mass is 10.0. The number of pyridine rings is 1. The maximum atomic E-state index is 13.5. The molecule has 0 saturated heterocycles. The number of fused-ring (bicyclic) bond motifs is 1. The van der Waals surface area contributed by atoms with E-state index in [-0.39, 0.29) is 12.5 Å². The minimum absolute atomic E-state index is 0.241. The van der Waals surface area contributed by atoms with E-state index in [1.165, 1.54) is 13.3 Å². The summed E-state index contributed by atoms with van der Waals surface area (Å²) in [7, 11) is 3.06. The van der Waals surface area contributed by atoms with Crippen molar-refractivity contribution in [3.05, 3.63) is 46.5 Å². The number of H-pyrrole nitrogens is 1. The monoisotopic (exact) mass is 455 g/mol. The standard InChI is InChI=1S/C23H29N5O5/c1-22(2,3)33-21(31)28-11-8-16-15(13-28)18(26-25-16)19(29)27(4)23(9-10-23)17-7-6-14(12-24-17)20(30)32-5/h6-7,12H,8-11,13H2,1-5H3,(H,25,26). The summed E-state index contributed by atoms with van der Waals surface area (Å²) in [6.07, 6.45) is 3.15. The Morgan fingerprint density at radius 2 is 1.94 bits per heavy atom. The highest BCUT2D eigenvalue weighted by atomic mass is 16.6. The smallest absolute Gasteiger partial charge is 0.410 e. The Hall–Kier alpha value is -3.43. The Morgan fingerprint density at radius 1 is 1.21 bits per heavy atom. The Morgan fingerprint density at radius 3 is 2.52 bits per heavy atom. The van der Waals surface area contributed by atoms with Crippen LogP contribution in [0.3, 0.4) is 0 Å². The third-order valence-electron chi connectivity index (χ3n) is 6.12. The summed E-state index contributed by atoms with van der Waals surface area (Å²) in [4.78, 5) is 45.4. The molecule has 1 aliphatic heterocycles. The van der Waals surface area contributed by atoms with Gasteiger partial charge >= 0.3 is 12.1 Å². The average molecular weight is 456 g/mol. The lowest BCUT2D eigenvalue weighted by Gasteiger charge is -2.31. The van der Waals surface area contributed by atoms with Crippen molar-refractivity contribution in [3.63, 3.8) is 0 Å². The molecule has 0 bridgehead atoms. The quantitative estimate of drug-likeness (QED) is 0.704. The molecule has 4 rings (SSSR count). The molecule has 1 saturated carbocycles. The van der Waals surface area contributed by atoms with E-state index in [0.29, 0.717) is 35.5 Å². The highest BCUT2D eigenvalue weighted by Gasteiger charge is 2.52. The third kappa shape index (κ3) is 4.29. The molecule has 3 heterocycles. The van der Waals surface area contributed by atoms with Gasteiger partial charge in [0.05, 0.1) is 30.5 Å². The second kappa shape index (κ2) is 8.17. The maximum Gasteiger partial charge on any atom is 0.410 e. The lowest BCUT2D eigenvalue weighted by Crippen LogP contribution is -2.41. The Kier molecular flexibility index (Phi) is 5.63. The van der Waals surface area contributed by atoms with Gasteiger partial charge in [-0.15, -0.1) is 0 Å². The van der Waals surface area contributed by atoms with Gasteiger partial charge in [-0.2, -0.15) is 5.10 Å². The van der Waals surface area contributed by atoms with Crippen molar-refractivity contribution >= 4 is 18.0 Å². The van der Waals surface area contributed by atoms with Gasteiger partial charge in [-0.25, -0.2) is 9.59 Å². The molecule has 0 radical (unpaired) electrons. The van der Waals surface area contributed by atoms with E-state index in [9.17, 15) is 14.4 Å². The first kappa shape index (κ1) is 22.8. The van der Waals surface area contributed by atoms with Crippen molar-refractivity contribution in [1.82, 2.24) is 25.0 Å². The van der Waals surface area contributed by atoms with Crippen LogP contribution < -0.4 is 0 Å². The summed E-state index contributed by atoms with van der Waals surface area (Å²) in [5, 5.41) is 7.26. The van der Waals surface area contributed by atoms with Crippen LogP contribution in [0.15, 0.2) is 18.3 Å². The first-order chi connectivity index (χ1) is 15.6. The number of carbonyl (C=O) groups is 3. The van der Waals surface area contributed by atoms with Gasteiger partial charge in [0.1, 0.15) is 5.60 Å². The van der Waals surface area contributed by atoms with Crippen molar-refractivity contribution in [2.75, 3.05) is 20.7 Å². The average Bonchev–Trinajstić information content (AvgIpc) is 3.49. The summed E-state index contributed by atoms with van der Waals surface area (Å²) >= 11 is 0. The molecule has 1 aliphatic carbocycles. The van der Waals surface area contributed by atoms with E-state index in [4.69, 9.17) is 9.47 Å². The van der Waals surface area contributed by atoms with Crippen LogP contribution in [0.1, 0.15) is 71.4 Å². The number of rotatable bonds is 4. The van der Waals surface area contributed by atoms with E-state index in [1.807, 2.05) is 20.8 Å². The van der Waals surface area contributed by atoms with E-state index in [1.54, 1.807) is 29.0 Å². The zero-order valence-electron chi connectivity index (χ0n) is 19.6. The van der Waals surface area contributed by atoms with Gasteiger partial charge < -0.3 is 19.3 Å². The van der Waals surface area contributed by atoms with Gasteiger partial charge in [-0.1, -0.05) is 0 Å². The predicted octanol–water partition coefficient (Wildman–Crippen LogP) is 2.65. The van der Waals surface area contributed by atoms with E-state index >= 15 is 0 Å². The molecule has 2 amide bonds. The number of nitrogens with zero attached hydrogens (tertiary/aromatic N) is 4. The number of esters is 1. The van der Waals surface area contributed by atoms with Crippen molar-refractivity contribution in [3.8, 4) is 0 Å². The van der Waals surface area contributed by atoms with Crippen LogP contribution in [-0.2, 0) is 28.0 Å². The summed E-state index contributed by atoms with van der Waals surface area (Å²) in [6, 6.07) is 3.41. The molecule has 1 fully saturated rings. The first-order valence-electron chi connectivity index (χ1n) is 10.9. The normalized spacial score (nSPS) is 16.6. The van der Waals surface area contributed by atoms with Crippen molar-refractivity contribution in [1.29, 1.82) is 0 Å².